The summed E-state index contributed by atoms with van der Waals surface area (Å²) in [4.78, 5) is 11.6. The smallest absolute Gasteiger partial charge is 0.253 e. The van der Waals surface area contributed by atoms with E-state index in [1.807, 2.05) is 30.5 Å². The van der Waals surface area contributed by atoms with Crippen molar-refractivity contribution in [2.45, 2.75) is 19.9 Å². The number of nitrogens with zero attached hydrogens (tertiary/aromatic N) is 4. The lowest BCUT2D eigenvalue weighted by Gasteiger charge is -2.09. The van der Waals surface area contributed by atoms with Crippen molar-refractivity contribution in [2.75, 3.05) is 12.1 Å². The minimum Gasteiger partial charge on any atom is -0.454 e. The van der Waals surface area contributed by atoms with Gasteiger partial charge in [0.15, 0.2) is 11.5 Å². The number of nitrogens with one attached hydrogen (secondary N) is 1. The standard InChI is InChI=1S/C19H17N5O2S/c1-2-13-9-14-17(20-10-12-4-5-15-16(8-12)26-11-25-15)22-19(23-18(14)27-13)24-7-3-6-21-24/h3-9H,2,10-11H2,1H3,(H,20,22,23). The van der Waals surface area contributed by atoms with Crippen molar-refractivity contribution in [1.29, 1.82) is 0 Å². The van der Waals surface area contributed by atoms with E-state index in [-0.39, 0.29) is 6.79 Å². The van der Waals surface area contributed by atoms with E-state index in [9.17, 15) is 0 Å². The maximum atomic E-state index is 5.46. The first-order valence-corrected chi connectivity index (χ1v) is 9.54. The first-order valence-electron chi connectivity index (χ1n) is 8.73. The second-order valence-corrected chi connectivity index (χ2v) is 7.26. The molecule has 0 atom stereocenters. The fourth-order valence-corrected chi connectivity index (χ4v) is 3.96. The summed E-state index contributed by atoms with van der Waals surface area (Å²) in [7, 11) is 0. The predicted molar refractivity (Wildman–Crippen MR) is 104 cm³/mol. The average molecular weight is 379 g/mol. The maximum Gasteiger partial charge on any atom is 0.253 e. The molecule has 4 aromatic rings. The van der Waals surface area contributed by atoms with E-state index in [0.717, 1.165) is 39.5 Å². The van der Waals surface area contributed by atoms with Gasteiger partial charge in [0.05, 0.1) is 5.39 Å². The third-order valence-electron chi connectivity index (χ3n) is 4.39. The van der Waals surface area contributed by atoms with Crippen LogP contribution in [-0.2, 0) is 13.0 Å². The monoisotopic (exact) mass is 379 g/mol. The summed E-state index contributed by atoms with van der Waals surface area (Å²) in [5.41, 5.74) is 1.09. The van der Waals surface area contributed by atoms with Crippen LogP contribution in [0.15, 0.2) is 42.7 Å². The summed E-state index contributed by atoms with van der Waals surface area (Å²) in [6, 6.07) is 9.98. The number of rotatable bonds is 5. The molecule has 0 amide bonds. The second kappa shape index (κ2) is 6.55. The van der Waals surface area contributed by atoms with Gasteiger partial charge in [-0.1, -0.05) is 13.0 Å². The molecule has 0 radical (unpaired) electrons. The molecule has 27 heavy (non-hydrogen) atoms. The summed E-state index contributed by atoms with van der Waals surface area (Å²) in [5, 5.41) is 8.75. The lowest BCUT2D eigenvalue weighted by molar-refractivity contribution is 0.174. The van der Waals surface area contributed by atoms with Gasteiger partial charge in [-0.2, -0.15) is 15.1 Å². The SMILES string of the molecule is CCc1cc2c(NCc3ccc4c(c3)OCO4)nc(-n3cccn3)nc2s1. The van der Waals surface area contributed by atoms with Gasteiger partial charge in [-0.25, -0.2) is 4.68 Å². The molecule has 7 nitrogen and oxygen atoms in total. The molecule has 0 saturated carbocycles. The summed E-state index contributed by atoms with van der Waals surface area (Å²) >= 11 is 1.69. The number of aryl methyl sites for hydroxylation is 1. The van der Waals surface area contributed by atoms with E-state index in [0.29, 0.717) is 12.5 Å². The van der Waals surface area contributed by atoms with Crippen LogP contribution in [0.3, 0.4) is 0 Å². The lowest BCUT2D eigenvalue weighted by Crippen LogP contribution is -2.07. The predicted octanol–water partition coefficient (Wildman–Crippen LogP) is 3.78. The van der Waals surface area contributed by atoms with Crippen LogP contribution in [0, 0.1) is 0 Å². The van der Waals surface area contributed by atoms with Crippen molar-refractivity contribution in [3.8, 4) is 17.4 Å². The molecular weight excluding hydrogens is 362 g/mol. The van der Waals surface area contributed by atoms with Gasteiger partial charge < -0.3 is 14.8 Å². The third-order valence-corrected chi connectivity index (χ3v) is 5.56. The van der Waals surface area contributed by atoms with E-state index in [2.05, 4.69) is 28.4 Å². The zero-order chi connectivity index (χ0) is 18.2. The van der Waals surface area contributed by atoms with Gasteiger partial charge >= 0.3 is 0 Å². The molecule has 0 spiro atoms. The number of hydrogen-bond acceptors (Lipinski definition) is 7. The van der Waals surface area contributed by atoms with Crippen molar-refractivity contribution in [3.05, 3.63) is 53.2 Å². The molecule has 5 rings (SSSR count). The highest BCUT2D eigenvalue weighted by Crippen LogP contribution is 2.33. The highest BCUT2D eigenvalue weighted by molar-refractivity contribution is 7.18. The van der Waals surface area contributed by atoms with Crippen LogP contribution in [0.1, 0.15) is 17.4 Å². The fraction of sp³-hybridized carbons (Fsp3) is 0.211. The minimum absolute atomic E-state index is 0.278. The Balaban J connectivity index is 1.50. The van der Waals surface area contributed by atoms with E-state index >= 15 is 0 Å². The number of hydrogen-bond donors (Lipinski definition) is 1. The van der Waals surface area contributed by atoms with Gasteiger partial charge in [0.2, 0.25) is 6.79 Å². The molecule has 1 aliphatic heterocycles. The lowest BCUT2D eigenvalue weighted by atomic mass is 10.2. The normalized spacial score (nSPS) is 12.6. The Labute approximate surface area is 159 Å². The van der Waals surface area contributed by atoms with Crippen molar-refractivity contribution < 1.29 is 9.47 Å². The Morgan fingerprint density at radius 3 is 2.96 bits per heavy atom. The first-order chi connectivity index (χ1) is 13.3. The Bertz CT molecular complexity index is 1110. The van der Waals surface area contributed by atoms with Crippen LogP contribution in [0.2, 0.25) is 0 Å². The molecule has 3 aromatic heterocycles. The summed E-state index contributed by atoms with van der Waals surface area (Å²) in [6.07, 6.45) is 4.54. The van der Waals surface area contributed by atoms with Crippen LogP contribution >= 0.6 is 11.3 Å². The van der Waals surface area contributed by atoms with Gasteiger partial charge in [0, 0.05) is 23.8 Å². The average Bonchev–Trinajstić information content (AvgIpc) is 3.45. The van der Waals surface area contributed by atoms with E-state index in [1.54, 1.807) is 22.2 Å². The van der Waals surface area contributed by atoms with Crippen molar-refractivity contribution >= 4 is 27.4 Å². The topological polar surface area (TPSA) is 74.1 Å². The zero-order valence-corrected chi connectivity index (χ0v) is 15.5. The molecular formula is C19H17N5O2S. The van der Waals surface area contributed by atoms with Gasteiger partial charge in [-0.3, -0.25) is 0 Å². The molecule has 0 unspecified atom stereocenters. The number of anilines is 1. The second-order valence-electron chi connectivity index (χ2n) is 6.15. The number of benzene rings is 1. The number of ether oxygens (including phenoxy) is 2. The van der Waals surface area contributed by atoms with Crippen LogP contribution in [-0.4, -0.2) is 26.5 Å². The van der Waals surface area contributed by atoms with E-state index in [1.165, 1.54) is 4.88 Å². The molecule has 0 saturated heterocycles. The molecule has 1 N–H and O–H groups in total. The Morgan fingerprint density at radius 2 is 2.11 bits per heavy atom. The largest absolute Gasteiger partial charge is 0.454 e. The molecule has 4 heterocycles. The summed E-state index contributed by atoms with van der Waals surface area (Å²) < 4.78 is 12.5. The van der Waals surface area contributed by atoms with Crippen LogP contribution < -0.4 is 14.8 Å². The molecule has 0 bridgehead atoms. The number of aromatic nitrogens is 4. The van der Waals surface area contributed by atoms with E-state index in [4.69, 9.17) is 14.5 Å². The number of thiophene rings is 1. The molecule has 136 valence electrons. The van der Waals surface area contributed by atoms with Crippen LogP contribution in [0.4, 0.5) is 5.82 Å². The molecule has 8 heteroatoms. The zero-order valence-electron chi connectivity index (χ0n) is 14.7. The van der Waals surface area contributed by atoms with Gasteiger partial charge in [0.25, 0.3) is 5.95 Å². The van der Waals surface area contributed by atoms with E-state index < -0.39 is 0 Å². The van der Waals surface area contributed by atoms with Crippen molar-refractivity contribution in [1.82, 2.24) is 19.7 Å². The molecule has 0 fully saturated rings. The Kier molecular flexibility index (Phi) is 3.90. The Morgan fingerprint density at radius 1 is 1.19 bits per heavy atom. The molecule has 1 aromatic carbocycles. The maximum absolute atomic E-state index is 5.46. The summed E-state index contributed by atoms with van der Waals surface area (Å²) in [6.45, 7) is 3.05. The summed E-state index contributed by atoms with van der Waals surface area (Å²) in [5.74, 6) is 2.93. The third kappa shape index (κ3) is 2.97. The quantitative estimate of drug-likeness (QED) is 0.569. The fourth-order valence-electron chi connectivity index (χ4n) is 3.00. The minimum atomic E-state index is 0.278. The number of fused-ring (bicyclic) bond motifs is 2. The van der Waals surface area contributed by atoms with Crippen molar-refractivity contribution in [3.63, 3.8) is 0 Å². The molecule has 0 aliphatic carbocycles. The van der Waals surface area contributed by atoms with Gasteiger partial charge in [-0.15, -0.1) is 11.3 Å². The van der Waals surface area contributed by atoms with Crippen LogP contribution in [0.25, 0.3) is 16.2 Å². The van der Waals surface area contributed by atoms with Gasteiger partial charge in [0.1, 0.15) is 10.6 Å². The van der Waals surface area contributed by atoms with Crippen molar-refractivity contribution in [2.24, 2.45) is 0 Å². The van der Waals surface area contributed by atoms with Crippen LogP contribution in [0.5, 0.6) is 11.5 Å². The first kappa shape index (κ1) is 16.1. The Hall–Kier alpha value is -3.13. The van der Waals surface area contributed by atoms with Gasteiger partial charge in [-0.05, 0) is 36.2 Å². The molecule has 1 aliphatic rings. The highest BCUT2D eigenvalue weighted by atomic mass is 32.1. The highest BCUT2D eigenvalue weighted by Gasteiger charge is 2.15.